The molecule has 0 bridgehead atoms. The Morgan fingerprint density at radius 3 is 1.98 bits per heavy atom. The SMILES string of the molecule is c1ccc2c(c1)-c1cccc3cc(-n4c5ccccc5c5cc(-c6ccc7oc8ccccc8c7c6)ccc54)cc-2c13. The number of fused-ring (bicyclic) bond motifs is 9. The van der Waals surface area contributed by atoms with E-state index in [-0.39, 0.29) is 0 Å². The summed E-state index contributed by atoms with van der Waals surface area (Å²) in [5, 5.41) is 7.45. The van der Waals surface area contributed by atoms with Crippen LogP contribution in [0.25, 0.3) is 93.6 Å². The second kappa shape index (κ2) is 7.99. The first kappa shape index (κ1) is 22.1. The molecule has 194 valence electrons. The summed E-state index contributed by atoms with van der Waals surface area (Å²) in [5.74, 6) is 0. The summed E-state index contributed by atoms with van der Waals surface area (Å²) in [6.45, 7) is 0. The molecule has 0 saturated heterocycles. The Morgan fingerprint density at radius 2 is 1.07 bits per heavy atom. The van der Waals surface area contributed by atoms with Gasteiger partial charge in [0.1, 0.15) is 11.2 Å². The van der Waals surface area contributed by atoms with Crippen LogP contribution in [0.4, 0.5) is 0 Å². The summed E-state index contributed by atoms with van der Waals surface area (Å²) < 4.78 is 8.53. The smallest absolute Gasteiger partial charge is 0.135 e. The van der Waals surface area contributed by atoms with Gasteiger partial charge in [0.15, 0.2) is 0 Å². The number of benzene rings is 7. The molecule has 0 radical (unpaired) electrons. The van der Waals surface area contributed by atoms with Gasteiger partial charge in [0, 0.05) is 27.2 Å². The Balaban J connectivity index is 1.22. The predicted octanol–water partition coefficient (Wildman–Crippen LogP) is 11.2. The van der Waals surface area contributed by atoms with Gasteiger partial charge >= 0.3 is 0 Å². The number of furan rings is 1. The third kappa shape index (κ3) is 2.88. The van der Waals surface area contributed by atoms with Crippen LogP contribution in [-0.2, 0) is 0 Å². The highest BCUT2D eigenvalue weighted by Gasteiger charge is 2.23. The van der Waals surface area contributed by atoms with E-state index in [4.69, 9.17) is 4.42 Å². The average molecular weight is 534 g/mol. The molecule has 2 nitrogen and oxygen atoms in total. The number of aromatic nitrogens is 1. The van der Waals surface area contributed by atoms with Gasteiger partial charge in [0.25, 0.3) is 0 Å². The topological polar surface area (TPSA) is 18.1 Å². The van der Waals surface area contributed by atoms with E-state index in [1.54, 1.807) is 0 Å². The minimum Gasteiger partial charge on any atom is -0.456 e. The van der Waals surface area contributed by atoms with E-state index in [9.17, 15) is 0 Å². The molecule has 0 unspecified atom stereocenters. The van der Waals surface area contributed by atoms with Crippen molar-refractivity contribution in [2.45, 2.75) is 0 Å². The van der Waals surface area contributed by atoms with Crippen LogP contribution in [0.5, 0.6) is 0 Å². The van der Waals surface area contributed by atoms with Crippen molar-refractivity contribution in [3.05, 3.63) is 140 Å². The standard InChI is InChI=1S/C40H23NO/c1-2-10-29-28(9-1)32-13-7-8-26-20-27(23-35(29)40(26)32)41-36-14-5-3-11-30(36)33-21-24(16-18-37(33)41)25-17-19-39-34(22-25)31-12-4-6-15-38(31)42-39/h1-23H. The van der Waals surface area contributed by atoms with E-state index in [0.29, 0.717) is 0 Å². The summed E-state index contributed by atoms with van der Waals surface area (Å²) >= 11 is 0. The molecule has 0 spiro atoms. The van der Waals surface area contributed by atoms with Crippen LogP contribution >= 0.6 is 0 Å². The van der Waals surface area contributed by atoms with Crippen molar-refractivity contribution in [3.63, 3.8) is 0 Å². The lowest BCUT2D eigenvalue weighted by Crippen LogP contribution is -1.94. The lowest BCUT2D eigenvalue weighted by atomic mass is 10.0. The maximum absolute atomic E-state index is 6.10. The van der Waals surface area contributed by atoms with E-state index in [1.807, 2.05) is 12.1 Å². The van der Waals surface area contributed by atoms with Crippen molar-refractivity contribution < 1.29 is 4.42 Å². The highest BCUT2D eigenvalue weighted by atomic mass is 16.3. The fourth-order valence-electron chi connectivity index (χ4n) is 7.27. The number of hydrogen-bond donors (Lipinski definition) is 0. The van der Waals surface area contributed by atoms with Crippen molar-refractivity contribution >= 4 is 54.5 Å². The molecule has 2 aromatic heterocycles. The molecule has 9 aromatic rings. The molecule has 1 aliphatic rings. The van der Waals surface area contributed by atoms with Crippen molar-refractivity contribution in [2.75, 3.05) is 0 Å². The van der Waals surface area contributed by atoms with Gasteiger partial charge in [-0.05, 0) is 92.7 Å². The third-order valence-corrected chi connectivity index (χ3v) is 9.11. The molecule has 7 aromatic carbocycles. The van der Waals surface area contributed by atoms with Gasteiger partial charge in [-0.1, -0.05) is 91.0 Å². The number of nitrogens with zero attached hydrogens (tertiary/aromatic N) is 1. The first-order chi connectivity index (χ1) is 20.8. The zero-order chi connectivity index (χ0) is 27.4. The molecule has 0 aliphatic heterocycles. The van der Waals surface area contributed by atoms with E-state index in [1.165, 1.54) is 71.6 Å². The lowest BCUT2D eigenvalue weighted by molar-refractivity contribution is 0.669. The van der Waals surface area contributed by atoms with Crippen LogP contribution in [0.15, 0.2) is 144 Å². The molecule has 2 heteroatoms. The molecule has 0 fully saturated rings. The highest BCUT2D eigenvalue weighted by Crippen LogP contribution is 2.48. The van der Waals surface area contributed by atoms with Crippen LogP contribution in [0.2, 0.25) is 0 Å². The molecular weight excluding hydrogens is 510 g/mol. The quantitative estimate of drug-likeness (QED) is 0.216. The Morgan fingerprint density at radius 1 is 0.405 bits per heavy atom. The van der Waals surface area contributed by atoms with E-state index >= 15 is 0 Å². The summed E-state index contributed by atoms with van der Waals surface area (Å²) in [7, 11) is 0. The molecule has 42 heavy (non-hydrogen) atoms. The van der Waals surface area contributed by atoms with Crippen molar-refractivity contribution in [3.8, 4) is 39.1 Å². The maximum atomic E-state index is 6.10. The second-order valence-electron chi connectivity index (χ2n) is 11.3. The van der Waals surface area contributed by atoms with E-state index < -0.39 is 0 Å². The number of hydrogen-bond acceptors (Lipinski definition) is 1. The Hall–Kier alpha value is -5.60. The lowest BCUT2D eigenvalue weighted by Gasteiger charge is -2.12. The fourth-order valence-corrected chi connectivity index (χ4v) is 7.27. The van der Waals surface area contributed by atoms with Gasteiger partial charge in [-0.25, -0.2) is 0 Å². The molecule has 2 heterocycles. The number of rotatable bonds is 2. The summed E-state index contributed by atoms with van der Waals surface area (Å²) in [6.07, 6.45) is 0. The van der Waals surface area contributed by atoms with Crippen molar-refractivity contribution in [2.24, 2.45) is 0 Å². The van der Waals surface area contributed by atoms with Gasteiger partial charge < -0.3 is 8.98 Å². The molecule has 0 saturated carbocycles. The molecule has 0 atom stereocenters. The monoisotopic (exact) mass is 533 g/mol. The van der Waals surface area contributed by atoms with Gasteiger partial charge in [-0.15, -0.1) is 0 Å². The summed E-state index contributed by atoms with van der Waals surface area (Å²) in [6, 6.07) is 50.7. The first-order valence-corrected chi connectivity index (χ1v) is 14.4. The van der Waals surface area contributed by atoms with Crippen LogP contribution < -0.4 is 0 Å². The Bertz CT molecular complexity index is 2580. The van der Waals surface area contributed by atoms with E-state index in [2.05, 4.69) is 132 Å². The zero-order valence-corrected chi connectivity index (χ0v) is 22.6. The molecule has 10 rings (SSSR count). The van der Waals surface area contributed by atoms with Gasteiger partial charge in [-0.2, -0.15) is 0 Å². The Labute approximate surface area is 241 Å². The molecule has 0 N–H and O–H groups in total. The van der Waals surface area contributed by atoms with Crippen molar-refractivity contribution in [1.29, 1.82) is 0 Å². The van der Waals surface area contributed by atoms with Crippen LogP contribution in [0, 0.1) is 0 Å². The summed E-state index contributed by atoms with van der Waals surface area (Å²) in [4.78, 5) is 0. The summed E-state index contributed by atoms with van der Waals surface area (Å²) in [5.41, 5.74) is 13.2. The highest BCUT2D eigenvalue weighted by molar-refractivity contribution is 6.17. The van der Waals surface area contributed by atoms with Crippen LogP contribution in [0.3, 0.4) is 0 Å². The second-order valence-corrected chi connectivity index (χ2v) is 11.3. The average Bonchev–Trinajstić information content (AvgIpc) is 3.69. The predicted molar refractivity (Wildman–Crippen MR) is 175 cm³/mol. The zero-order valence-electron chi connectivity index (χ0n) is 22.6. The molecular formula is C40H23NO. The van der Waals surface area contributed by atoms with Gasteiger partial charge in [0.2, 0.25) is 0 Å². The van der Waals surface area contributed by atoms with Gasteiger partial charge in [-0.3, -0.25) is 0 Å². The van der Waals surface area contributed by atoms with Crippen LogP contribution in [-0.4, -0.2) is 4.57 Å². The van der Waals surface area contributed by atoms with Gasteiger partial charge in [0.05, 0.1) is 11.0 Å². The normalized spacial score (nSPS) is 12.3. The number of para-hydroxylation sites is 2. The molecule has 1 aliphatic carbocycles. The molecule has 0 amide bonds. The third-order valence-electron chi connectivity index (χ3n) is 9.11. The fraction of sp³-hybridized carbons (Fsp3) is 0. The van der Waals surface area contributed by atoms with E-state index in [0.717, 1.165) is 21.9 Å². The Kier molecular flexibility index (Phi) is 4.21. The maximum Gasteiger partial charge on any atom is 0.135 e. The minimum atomic E-state index is 0.923. The van der Waals surface area contributed by atoms with Crippen molar-refractivity contribution in [1.82, 2.24) is 4.57 Å². The van der Waals surface area contributed by atoms with Crippen LogP contribution in [0.1, 0.15) is 0 Å². The first-order valence-electron chi connectivity index (χ1n) is 14.4. The largest absolute Gasteiger partial charge is 0.456 e. The minimum absolute atomic E-state index is 0.923.